The Morgan fingerprint density at radius 2 is 1.95 bits per heavy atom. The molecule has 2 N–H and O–H groups in total. The van der Waals surface area contributed by atoms with E-state index in [2.05, 4.69) is 5.32 Å². The standard InChI is InChI=1S/C14H12ClNO3S/c15-12-6-5-10(20-12)8-16-13(17)7-9-3-1-2-4-11(9)14(18)19/h1-6H,7-8H2,(H,16,17)(H,18,19). The second-order valence-electron chi connectivity index (χ2n) is 4.12. The Morgan fingerprint density at radius 1 is 1.20 bits per heavy atom. The molecule has 4 nitrogen and oxygen atoms in total. The lowest BCUT2D eigenvalue weighted by atomic mass is 10.0. The van der Waals surface area contributed by atoms with Gasteiger partial charge < -0.3 is 10.4 Å². The Labute approximate surface area is 125 Å². The number of thiophene rings is 1. The van der Waals surface area contributed by atoms with E-state index in [0.717, 1.165) is 4.88 Å². The van der Waals surface area contributed by atoms with Crippen LogP contribution in [-0.2, 0) is 17.8 Å². The lowest BCUT2D eigenvalue weighted by Gasteiger charge is -2.06. The summed E-state index contributed by atoms with van der Waals surface area (Å²) in [6.45, 7) is 0.394. The zero-order chi connectivity index (χ0) is 14.5. The molecule has 0 atom stereocenters. The lowest BCUT2D eigenvalue weighted by Crippen LogP contribution is -2.24. The van der Waals surface area contributed by atoms with Gasteiger partial charge in [0.1, 0.15) is 0 Å². The van der Waals surface area contributed by atoms with Gasteiger partial charge in [-0.15, -0.1) is 11.3 Å². The van der Waals surface area contributed by atoms with E-state index < -0.39 is 5.97 Å². The topological polar surface area (TPSA) is 66.4 Å². The SMILES string of the molecule is O=C(Cc1ccccc1C(=O)O)NCc1ccc(Cl)s1. The Kier molecular flexibility index (Phi) is 4.76. The van der Waals surface area contributed by atoms with Crippen LogP contribution in [0.1, 0.15) is 20.8 Å². The van der Waals surface area contributed by atoms with Crippen molar-refractivity contribution in [1.82, 2.24) is 5.32 Å². The number of carboxylic acid groups (broad SMARTS) is 1. The number of hydrogen-bond acceptors (Lipinski definition) is 3. The minimum Gasteiger partial charge on any atom is -0.478 e. The molecular formula is C14H12ClNO3S. The number of amides is 1. The van der Waals surface area contributed by atoms with E-state index in [-0.39, 0.29) is 17.9 Å². The molecule has 1 heterocycles. The summed E-state index contributed by atoms with van der Waals surface area (Å²) in [7, 11) is 0. The zero-order valence-electron chi connectivity index (χ0n) is 10.4. The molecule has 0 aliphatic carbocycles. The second-order valence-corrected chi connectivity index (χ2v) is 5.92. The fraction of sp³-hybridized carbons (Fsp3) is 0.143. The maximum atomic E-state index is 11.8. The molecule has 2 rings (SSSR count). The largest absolute Gasteiger partial charge is 0.478 e. The normalized spacial score (nSPS) is 10.2. The third kappa shape index (κ3) is 3.82. The van der Waals surface area contributed by atoms with Gasteiger partial charge in [0, 0.05) is 4.88 Å². The van der Waals surface area contributed by atoms with Crippen molar-refractivity contribution in [2.75, 3.05) is 0 Å². The van der Waals surface area contributed by atoms with Crippen LogP contribution in [0.15, 0.2) is 36.4 Å². The summed E-state index contributed by atoms with van der Waals surface area (Å²) in [6.07, 6.45) is 0.0432. The molecule has 0 bridgehead atoms. The van der Waals surface area contributed by atoms with Crippen LogP contribution in [-0.4, -0.2) is 17.0 Å². The molecule has 1 aromatic heterocycles. The minimum atomic E-state index is -1.03. The first kappa shape index (κ1) is 14.6. The summed E-state index contributed by atoms with van der Waals surface area (Å²) in [6, 6.07) is 10.1. The molecule has 1 amide bonds. The van der Waals surface area contributed by atoms with Crippen molar-refractivity contribution < 1.29 is 14.7 Å². The summed E-state index contributed by atoms with van der Waals surface area (Å²) < 4.78 is 0.672. The van der Waals surface area contributed by atoms with Crippen molar-refractivity contribution in [3.8, 4) is 0 Å². The fourth-order valence-electron chi connectivity index (χ4n) is 1.75. The van der Waals surface area contributed by atoms with E-state index in [1.165, 1.54) is 17.4 Å². The third-order valence-corrected chi connectivity index (χ3v) is 3.92. The molecule has 20 heavy (non-hydrogen) atoms. The molecule has 0 spiro atoms. The lowest BCUT2D eigenvalue weighted by molar-refractivity contribution is -0.120. The Bertz CT molecular complexity index is 639. The molecule has 0 saturated carbocycles. The predicted molar refractivity (Wildman–Crippen MR) is 78.3 cm³/mol. The Balaban J connectivity index is 1.96. The van der Waals surface area contributed by atoms with Gasteiger partial charge in [0.15, 0.2) is 0 Å². The van der Waals surface area contributed by atoms with Crippen LogP contribution in [0.25, 0.3) is 0 Å². The van der Waals surface area contributed by atoms with E-state index in [0.29, 0.717) is 16.4 Å². The maximum absolute atomic E-state index is 11.8. The second kappa shape index (κ2) is 6.54. The van der Waals surface area contributed by atoms with Crippen LogP contribution in [0.3, 0.4) is 0 Å². The van der Waals surface area contributed by atoms with Crippen molar-refractivity contribution in [2.45, 2.75) is 13.0 Å². The van der Waals surface area contributed by atoms with Gasteiger partial charge in [0.05, 0.1) is 22.9 Å². The molecule has 6 heteroatoms. The van der Waals surface area contributed by atoms with Gasteiger partial charge in [-0.1, -0.05) is 29.8 Å². The van der Waals surface area contributed by atoms with Gasteiger partial charge in [0.2, 0.25) is 5.91 Å². The summed E-state index contributed by atoms with van der Waals surface area (Å²) in [5.74, 6) is -1.25. The average molecular weight is 310 g/mol. The first-order valence-electron chi connectivity index (χ1n) is 5.88. The molecule has 0 saturated heterocycles. The van der Waals surface area contributed by atoms with Gasteiger partial charge in [-0.3, -0.25) is 4.79 Å². The first-order chi connectivity index (χ1) is 9.56. The van der Waals surface area contributed by atoms with E-state index in [1.54, 1.807) is 24.3 Å². The molecular weight excluding hydrogens is 298 g/mol. The number of carboxylic acids is 1. The van der Waals surface area contributed by atoms with E-state index >= 15 is 0 Å². The monoisotopic (exact) mass is 309 g/mol. The highest BCUT2D eigenvalue weighted by molar-refractivity contribution is 7.16. The summed E-state index contributed by atoms with van der Waals surface area (Å²) in [5, 5.41) is 11.8. The van der Waals surface area contributed by atoms with Crippen molar-refractivity contribution in [1.29, 1.82) is 0 Å². The number of nitrogens with one attached hydrogen (secondary N) is 1. The third-order valence-electron chi connectivity index (χ3n) is 2.69. The number of carbonyl (C=O) groups excluding carboxylic acids is 1. The number of halogens is 1. The molecule has 0 aliphatic heterocycles. The van der Waals surface area contributed by atoms with Crippen LogP contribution in [0, 0.1) is 0 Å². The number of aromatic carboxylic acids is 1. The smallest absolute Gasteiger partial charge is 0.335 e. The highest BCUT2D eigenvalue weighted by Gasteiger charge is 2.12. The Morgan fingerprint density at radius 3 is 2.60 bits per heavy atom. The predicted octanol–water partition coefficient (Wildman–Crippen LogP) is 2.96. The highest BCUT2D eigenvalue weighted by Crippen LogP contribution is 2.21. The van der Waals surface area contributed by atoms with Crippen LogP contribution < -0.4 is 5.32 Å². The molecule has 0 radical (unpaired) electrons. The molecule has 0 unspecified atom stereocenters. The molecule has 2 aromatic rings. The van der Waals surface area contributed by atoms with Gasteiger partial charge in [-0.05, 0) is 23.8 Å². The van der Waals surface area contributed by atoms with Crippen molar-refractivity contribution in [3.63, 3.8) is 0 Å². The van der Waals surface area contributed by atoms with Crippen molar-refractivity contribution in [3.05, 3.63) is 56.7 Å². The van der Waals surface area contributed by atoms with E-state index in [9.17, 15) is 9.59 Å². The van der Waals surface area contributed by atoms with Crippen LogP contribution in [0.2, 0.25) is 4.34 Å². The molecule has 0 aliphatic rings. The number of hydrogen-bond donors (Lipinski definition) is 2. The number of benzene rings is 1. The van der Waals surface area contributed by atoms with E-state index in [4.69, 9.17) is 16.7 Å². The van der Waals surface area contributed by atoms with Crippen LogP contribution in [0.5, 0.6) is 0 Å². The summed E-state index contributed by atoms with van der Waals surface area (Å²) in [5.41, 5.74) is 0.656. The maximum Gasteiger partial charge on any atom is 0.335 e. The quantitative estimate of drug-likeness (QED) is 0.892. The fourth-order valence-corrected chi connectivity index (χ4v) is 2.78. The van der Waals surface area contributed by atoms with Gasteiger partial charge in [-0.25, -0.2) is 4.79 Å². The highest BCUT2D eigenvalue weighted by atomic mass is 35.5. The minimum absolute atomic E-state index is 0.0432. The number of rotatable bonds is 5. The molecule has 0 fully saturated rings. The van der Waals surface area contributed by atoms with Crippen LogP contribution >= 0.6 is 22.9 Å². The summed E-state index contributed by atoms with van der Waals surface area (Å²) in [4.78, 5) is 23.8. The van der Waals surface area contributed by atoms with Crippen LogP contribution in [0.4, 0.5) is 0 Å². The Hall–Kier alpha value is -1.85. The van der Waals surface area contributed by atoms with Gasteiger partial charge >= 0.3 is 5.97 Å². The summed E-state index contributed by atoms with van der Waals surface area (Å²) >= 11 is 7.20. The zero-order valence-corrected chi connectivity index (χ0v) is 12.0. The molecule has 104 valence electrons. The van der Waals surface area contributed by atoms with E-state index in [1.807, 2.05) is 6.07 Å². The number of carbonyl (C=O) groups is 2. The van der Waals surface area contributed by atoms with Crippen molar-refractivity contribution >= 4 is 34.8 Å². The van der Waals surface area contributed by atoms with Crippen molar-refractivity contribution in [2.24, 2.45) is 0 Å². The molecule has 1 aromatic carbocycles. The first-order valence-corrected chi connectivity index (χ1v) is 7.08. The van der Waals surface area contributed by atoms with Gasteiger partial charge in [0.25, 0.3) is 0 Å². The van der Waals surface area contributed by atoms with Gasteiger partial charge in [-0.2, -0.15) is 0 Å². The average Bonchev–Trinajstić information content (AvgIpc) is 2.83.